The van der Waals surface area contributed by atoms with Gasteiger partial charge in [0.1, 0.15) is 5.82 Å². The molecule has 0 aliphatic heterocycles. The van der Waals surface area contributed by atoms with Crippen LogP contribution in [0.1, 0.15) is 18.4 Å². The maximum atomic E-state index is 13.7. The van der Waals surface area contributed by atoms with Crippen molar-refractivity contribution >= 4 is 0 Å². The van der Waals surface area contributed by atoms with Gasteiger partial charge in [0.25, 0.3) is 0 Å². The van der Waals surface area contributed by atoms with Crippen molar-refractivity contribution < 1.29 is 27.0 Å². The molecule has 1 aliphatic rings. The third-order valence-corrected chi connectivity index (χ3v) is 2.98. The fraction of sp³-hybridized carbons (Fsp3) is 0.333. The molecule has 0 N–H and O–H groups in total. The Labute approximate surface area is 119 Å². The van der Waals surface area contributed by atoms with Crippen molar-refractivity contribution in [1.29, 1.82) is 0 Å². The average Bonchev–Trinajstić information content (AvgIpc) is 2.39. The lowest BCUT2D eigenvalue weighted by Crippen LogP contribution is -2.38. The minimum Gasteiger partial charge on any atom is -0.343 e. The van der Waals surface area contributed by atoms with Crippen LogP contribution < -0.4 is 0 Å². The molecule has 2 nitrogen and oxygen atoms in total. The fourth-order valence-electron chi connectivity index (χ4n) is 2.15. The van der Waals surface area contributed by atoms with Crippen LogP contribution in [0.15, 0.2) is 48.6 Å². The first-order valence-electron chi connectivity index (χ1n) is 6.39. The highest BCUT2D eigenvalue weighted by molar-refractivity contribution is 5.35. The second kappa shape index (κ2) is 5.99. The van der Waals surface area contributed by atoms with E-state index in [0.717, 1.165) is 12.2 Å². The van der Waals surface area contributed by atoms with Gasteiger partial charge in [0.15, 0.2) is 0 Å². The molecule has 21 heavy (non-hydrogen) atoms. The zero-order chi connectivity index (χ0) is 15.5. The number of allylic oxidation sites excluding steroid dienone is 2. The number of rotatable bonds is 4. The lowest BCUT2D eigenvalue weighted by atomic mass is 9.92. The maximum absolute atomic E-state index is 13.7. The van der Waals surface area contributed by atoms with Crippen LogP contribution in [0, 0.1) is 5.82 Å². The summed E-state index contributed by atoms with van der Waals surface area (Å²) < 4.78 is 60.1. The first-order chi connectivity index (χ1) is 9.85. The number of hydrogen-bond acceptors (Lipinski definition) is 2. The van der Waals surface area contributed by atoms with Crippen LogP contribution in [0.5, 0.6) is 0 Å². The molecular weight excluding hydrogens is 288 g/mol. The zero-order valence-corrected chi connectivity index (χ0v) is 11.2. The van der Waals surface area contributed by atoms with Crippen molar-refractivity contribution in [3.63, 3.8) is 0 Å². The Morgan fingerprint density at radius 1 is 1.14 bits per heavy atom. The molecule has 0 aromatic heterocycles. The normalized spacial score (nSPS) is 25.3. The summed E-state index contributed by atoms with van der Waals surface area (Å²) in [6, 6.07) is 6.09. The highest BCUT2D eigenvalue weighted by atomic mass is 19.4. The second-order valence-corrected chi connectivity index (χ2v) is 4.47. The molecule has 0 saturated heterocycles. The molecule has 6 heteroatoms. The van der Waals surface area contributed by atoms with Crippen LogP contribution in [0.4, 0.5) is 17.6 Å². The number of ether oxygens (including phenoxy) is 2. The van der Waals surface area contributed by atoms with Crippen LogP contribution in [-0.4, -0.2) is 18.8 Å². The van der Waals surface area contributed by atoms with E-state index in [1.165, 1.54) is 18.2 Å². The zero-order valence-electron chi connectivity index (χ0n) is 11.2. The van der Waals surface area contributed by atoms with Gasteiger partial charge in [-0.1, -0.05) is 30.4 Å². The predicted octanol–water partition coefficient (Wildman–Crippen LogP) is 4.30. The topological polar surface area (TPSA) is 18.5 Å². The molecule has 0 spiro atoms. The SMILES string of the molecule is CCOC1(OC(F)(F)F)C=CC(c2ccccc2F)C=C1. The lowest BCUT2D eigenvalue weighted by Gasteiger charge is -2.31. The largest absolute Gasteiger partial charge is 0.525 e. The fourth-order valence-corrected chi connectivity index (χ4v) is 2.15. The Balaban J connectivity index is 2.23. The Morgan fingerprint density at radius 3 is 2.29 bits per heavy atom. The molecule has 0 fully saturated rings. The molecule has 0 atom stereocenters. The summed E-state index contributed by atoms with van der Waals surface area (Å²) in [6.07, 6.45) is 0.330. The van der Waals surface area contributed by atoms with Gasteiger partial charge in [-0.05, 0) is 30.7 Å². The number of alkyl halides is 3. The molecule has 0 amide bonds. The molecule has 2 rings (SSSR count). The Morgan fingerprint density at radius 2 is 1.76 bits per heavy atom. The van der Waals surface area contributed by atoms with Crippen LogP contribution in [0.3, 0.4) is 0 Å². The van der Waals surface area contributed by atoms with E-state index in [-0.39, 0.29) is 6.61 Å². The van der Waals surface area contributed by atoms with Gasteiger partial charge in [0.05, 0.1) is 0 Å². The molecular formula is C15H14F4O2. The number of halogens is 4. The predicted molar refractivity (Wildman–Crippen MR) is 68.9 cm³/mol. The van der Waals surface area contributed by atoms with E-state index in [9.17, 15) is 17.6 Å². The van der Waals surface area contributed by atoms with E-state index in [2.05, 4.69) is 4.74 Å². The highest BCUT2D eigenvalue weighted by Crippen LogP contribution is 2.34. The van der Waals surface area contributed by atoms with E-state index in [1.54, 1.807) is 25.1 Å². The van der Waals surface area contributed by atoms with Crippen LogP contribution in [-0.2, 0) is 9.47 Å². The highest BCUT2D eigenvalue weighted by Gasteiger charge is 2.42. The van der Waals surface area contributed by atoms with Gasteiger partial charge in [-0.2, -0.15) is 0 Å². The Bertz CT molecular complexity index is 535. The molecule has 1 aromatic carbocycles. The summed E-state index contributed by atoms with van der Waals surface area (Å²) in [6.45, 7) is 1.60. The summed E-state index contributed by atoms with van der Waals surface area (Å²) >= 11 is 0. The van der Waals surface area contributed by atoms with Gasteiger partial charge >= 0.3 is 6.36 Å². The summed E-state index contributed by atoms with van der Waals surface area (Å²) in [5, 5.41) is 0. The number of hydrogen-bond donors (Lipinski definition) is 0. The molecule has 1 aromatic rings. The summed E-state index contributed by atoms with van der Waals surface area (Å²) in [4.78, 5) is 0. The summed E-state index contributed by atoms with van der Waals surface area (Å²) in [5.74, 6) is -2.87. The Kier molecular flexibility index (Phi) is 4.49. The van der Waals surface area contributed by atoms with Crippen molar-refractivity contribution in [3.8, 4) is 0 Å². The molecule has 1 aliphatic carbocycles. The summed E-state index contributed by atoms with van der Waals surface area (Å²) in [7, 11) is 0. The van der Waals surface area contributed by atoms with Crippen molar-refractivity contribution in [2.75, 3.05) is 6.61 Å². The van der Waals surface area contributed by atoms with E-state index in [1.807, 2.05) is 0 Å². The molecule has 0 radical (unpaired) electrons. The first-order valence-corrected chi connectivity index (χ1v) is 6.39. The van der Waals surface area contributed by atoms with Gasteiger partial charge < -0.3 is 4.74 Å². The smallest absolute Gasteiger partial charge is 0.343 e. The second-order valence-electron chi connectivity index (χ2n) is 4.47. The molecule has 114 valence electrons. The third-order valence-electron chi connectivity index (χ3n) is 2.98. The number of benzene rings is 1. The van der Waals surface area contributed by atoms with Gasteiger partial charge in [-0.3, -0.25) is 4.74 Å². The average molecular weight is 302 g/mol. The minimum absolute atomic E-state index is 0.0368. The van der Waals surface area contributed by atoms with E-state index in [4.69, 9.17) is 4.74 Å². The van der Waals surface area contributed by atoms with E-state index < -0.39 is 23.9 Å². The van der Waals surface area contributed by atoms with Gasteiger partial charge in [0, 0.05) is 12.5 Å². The van der Waals surface area contributed by atoms with Crippen molar-refractivity contribution in [1.82, 2.24) is 0 Å². The molecule has 0 heterocycles. The molecule has 0 bridgehead atoms. The molecule has 0 unspecified atom stereocenters. The van der Waals surface area contributed by atoms with Gasteiger partial charge in [-0.25, -0.2) is 4.39 Å². The minimum atomic E-state index is -4.84. The first kappa shape index (κ1) is 15.7. The molecule has 0 saturated carbocycles. The Hall–Kier alpha value is -1.66. The van der Waals surface area contributed by atoms with Gasteiger partial charge in [0.2, 0.25) is 5.79 Å². The van der Waals surface area contributed by atoms with Crippen molar-refractivity contribution in [2.45, 2.75) is 25.0 Å². The van der Waals surface area contributed by atoms with Crippen molar-refractivity contribution in [2.24, 2.45) is 0 Å². The third kappa shape index (κ3) is 3.92. The van der Waals surface area contributed by atoms with Crippen molar-refractivity contribution in [3.05, 3.63) is 60.0 Å². The quantitative estimate of drug-likeness (QED) is 0.469. The van der Waals surface area contributed by atoms with Crippen LogP contribution in [0.2, 0.25) is 0 Å². The maximum Gasteiger partial charge on any atom is 0.525 e. The lowest BCUT2D eigenvalue weighted by molar-refractivity contribution is -0.391. The van der Waals surface area contributed by atoms with Gasteiger partial charge in [-0.15, -0.1) is 13.2 Å². The van der Waals surface area contributed by atoms with E-state index >= 15 is 0 Å². The standard InChI is InChI=1S/C15H14F4O2/c1-2-20-14(21-15(17,18)19)9-7-11(8-10-14)12-5-3-4-6-13(12)16/h3-11H,2H2,1H3. The summed E-state index contributed by atoms with van der Waals surface area (Å²) in [5.41, 5.74) is 0.377. The van der Waals surface area contributed by atoms with Crippen LogP contribution in [0.25, 0.3) is 0 Å². The van der Waals surface area contributed by atoms with E-state index in [0.29, 0.717) is 5.56 Å². The monoisotopic (exact) mass is 302 g/mol. The van der Waals surface area contributed by atoms with Crippen LogP contribution >= 0.6 is 0 Å².